The Morgan fingerprint density at radius 1 is 1.48 bits per heavy atom. The lowest BCUT2D eigenvalue weighted by molar-refractivity contribution is 0.0722. The zero-order valence-corrected chi connectivity index (χ0v) is 12.8. The van der Waals surface area contributed by atoms with E-state index in [0.717, 1.165) is 12.5 Å². The molecule has 3 rings (SSSR count). The number of nitrogens with one attached hydrogen (secondary N) is 1. The van der Waals surface area contributed by atoms with E-state index >= 15 is 0 Å². The summed E-state index contributed by atoms with van der Waals surface area (Å²) in [5, 5.41) is 9.82. The van der Waals surface area contributed by atoms with Gasteiger partial charge < -0.3 is 9.42 Å². The number of carbonyl (C=O) groups is 1. The molecule has 0 spiro atoms. The van der Waals surface area contributed by atoms with Crippen molar-refractivity contribution in [3.63, 3.8) is 0 Å². The lowest BCUT2D eigenvalue weighted by Gasteiger charge is -2.20. The van der Waals surface area contributed by atoms with E-state index in [0.29, 0.717) is 24.7 Å². The van der Waals surface area contributed by atoms with Gasteiger partial charge >= 0.3 is 0 Å². The van der Waals surface area contributed by atoms with Gasteiger partial charge in [0.25, 0.3) is 12.3 Å². The van der Waals surface area contributed by atoms with E-state index in [1.807, 2.05) is 13.8 Å². The van der Waals surface area contributed by atoms with E-state index in [9.17, 15) is 13.6 Å². The molecule has 0 radical (unpaired) electrons. The maximum Gasteiger partial charge on any atom is 0.279 e. The number of likely N-dealkylation sites (tertiary alicyclic amines) is 1. The Kier molecular flexibility index (Phi) is 4.10. The van der Waals surface area contributed by atoms with Crippen molar-refractivity contribution in [3.8, 4) is 0 Å². The van der Waals surface area contributed by atoms with Crippen LogP contribution < -0.4 is 0 Å². The monoisotopic (exact) mass is 325 g/mol. The summed E-state index contributed by atoms with van der Waals surface area (Å²) in [6.07, 6.45) is -1.20. The quantitative estimate of drug-likeness (QED) is 0.934. The molecule has 1 fully saturated rings. The average Bonchev–Trinajstić information content (AvgIpc) is 3.24. The summed E-state index contributed by atoms with van der Waals surface area (Å²) in [4.78, 5) is 18.4. The Balaban J connectivity index is 1.81. The van der Waals surface area contributed by atoms with Crippen LogP contribution in [0.1, 0.15) is 73.0 Å². The summed E-state index contributed by atoms with van der Waals surface area (Å²) in [7, 11) is 0. The van der Waals surface area contributed by atoms with Crippen LogP contribution in [0.3, 0.4) is 0 Å². The second-order valence-electron chi connectivity index (χ2n) is 5.81. The van der Waals surface area contributed by atoms with Crippen molar-refractivity contribution in [1.29, 1.82) is 0 Å². The molecule has 1 unspecified atom stereocenters. The molecule has 0 aliphatic carbocycles. The van der Waals surface area contributed by atoms with Gasteiger partial charge in [0.05, 0.1) is 6.04 Å². The van der Waals surface area contributed by atoms with Crippen molar-refractivity contribution in [3.05, 3.63) is 29.2 Å². The topological polar surface area (TPSA) is 87.9 Å². The second-order valence-corrected chi connectivity index (χ2v) is 5.81. The van der Waals surface area contributed by atoms with Gasteiger partial charge in [0, 0.05) is 12.5 Å². The maximum atomic E-state index is 12.6. The van der Waals surface area contributed by atoms with Gasteiger partial charge in [0.15, 0.2) is 11.5 Å². The minimum Gasteiger partial charge on any atom is -0.339 e. The number of hydrogen-bond acceptors (Lipinski definition) is 5. The molecule has 1 amide bonds. The van der Waals surface area contributed by atoms with E-state index in [1.165, 1.54) is 0 Å². The van der Waals surface area contributed by atoms with Gasteiger partial charge in [-0.1, -0.05) is 19.0 Å². The summed E-state index contributed by atoms with van der Waals surface area (Å²) in [5.74, 6) is 0.650. The molecule has 1 saturated heterocycles. The molecular weight excluding hydrogens is 308 g/mol. The first-order valence-corrected chi connectivity index (χ1v) is 7.45. The molecule has 7 nitrogen and oxygen atoms in total. The van der Waals surface area contributed by atoms with E-state index in [2.05, 4.69) is 20.3 Å². The molecule has 9 heteroatoms. The van der Waals surface area contributed by atoms with Gasteiger partial charge in [0.2, 0.25) is 5.89 Å². The van der Waals surface area contributed by atoms with Crippen LogP contribution in [0.4, 0.5) is 8.78 Å². The Morgan fingerprint density at radius 2 is 2.26 bits per heavy atom. The zero-order chi connectivity index (χ0) is 16.6. The van der Waals surface area contributed by atoms with E-state index in [4.69, 9.17) is 4.52 Å². The van der Waals surface area contributed by atoms with Crippen LogP contribution in [0.2, 0.25) is 0 Å². The lowest BCUT2D eigenvalue weighted by atomic mass is 10.2. The van der Waals surface area contributed by atoms with Gasteiger partial charge in [-0.25, -0.2) is 8.78 Å². The first-order valence-electron chi connectivity index (χ1n) is 7.45. The molecule has 1 atom stereocenters. The summed E-state index contributed by atoms with van der Waals surface area (Å²) >= 11 is 0. The highest BCUT2D eigenvalue weighted by atomic mass is 19.3. The molecule has 2 aromatic heterocycles. The van der Waals surface area contributed by atoms with Crippen molar-refractivity contribution in [2.45, 2.75) is 45.1 Å². The van der Waals surface area contributed by atoms with Crippen LogP contribution in [-0.4, -0.2) is 37.7 Å². The summed E-state index contributed by atoms with van der Waals surface area (Å²) in [5.41, 5.74) is -0.398. The largest absolute Gasteiger partial charge is 0.339 e. The highest BCUT2D eigenvalue weighted by Crippen LogP contribution is 2.32. The first kappa shape index (κ1) is 15.6. The Labute approximate surface area is 131 Å². The van der Waals surface area contributed by atoms with Crippen LogP contribution in [0.5, 0.6) is 0 Å². The SMILES string of the molecule is CC(C)c1nc(C2CCCN2C(=O)c2cc(C(F)F)[nH]n2)no1. The molecule has 124 valence electrons. The second kappa shape index (κ2) is 6.05. The molecule has 2 aromatic rings. The standard InChI is InChI=1S/C14H17F2N5O2/c1-7(2)13-17-12(20-23-13)10-4-3-5-21(10)14(22)9-6-8(11(15)16)18-19-9/h6-7,10-11H,3-5H2,1-2H3,(H,18,19). The molecule has 3 heterocycles. The number of aromatic amines is 1. The predicted molar refractivity (Wildman–Crippen MR) is 74.9 cm³/mol. The van der Waals surface area contributed by atoms with E-state index in [1.54, 1.807) is 4.90 Å². The molecule has 0 aromatic carbocycles. The highest BCUT2D eigenvalue weighted by molar-refractivity contribution is 5.92. The zero-order valence-electron chi connectivity index (χ0n) is 12.8. The molecule has 23 heavy (non-hydrogen) atoms. The van der Waals surface area contributed by atoms with Crippen molar-refractivity contribution < 1.29 is 18.1 Å². The van der Waals surface area contributed by atoms with E-state index in [-0.39, 0.29) is 23.3 Å². The Bertz CT molecular complexity index is 697. The number of rotatable bonds is 4. The predicted octanol–water partition coefficient (Wildman–Crippen LogP) is 2.83. The number of aromatic nitrogens is 4. The van der Waals surface area contributed by atoms with Crippen LogP contribution in [0.25, 0.3) is 0 Å². The van der Waals surface area contributed by atoms with Gasteiger partial charge in [0.1, 0.15) is 5.69 Å². The minimum absolute atomic E-state index is 0.0280. The fourth-order valence-corrected chi connectivity index (χ4v) is 2.60. The maximum absolute atomic E-state index is 12.6. The highest BCUT2D eigenvalue weighted by Gasteiger charge is 2.35. The third kappa shape index (κ3) is 2.95. The summed E-state index contributed by atoms with van der Waals surface area (Å²) < 4.78 is 30.4. The Morgan fingerprint density at radius 3 is 2.87 bits per heavy atom. The van der Waals surface area contributed by atoms with Gasteiger partial charge in [-0.3, -0.25) is 9.89 Å². The first-order chi connectivity index (χ1) is 11.0. The molecular formula is C14H17F2N5O2. The van der Waals surface area contributed by atoms with Crippen molar-refractivity contribution in [2.75, 3.05) is 6.54 Å². The van der Waals surface area contributed by atoms with Gasteiger partial charge in [-0.2, -0.15) is 10.1 Å². The van der Waals surface area contributed by atoms with E-state index < -0.39 is 12.3 Å². The van der Waals surface area contributed by atoms with Crippen molar-refractivity contribution in [1.82, 2.24) is 25.2 Å². The Hall–Kier alpha value is -2.32. The fourth-order valence-electron chi connectivity index (χ4n) is 2.60. The van der Waals surface area contributed by atoms with Crippen LogP contribution in [-0.2, 0) is 0 Å². The number of amides is 1. The number of nitrogens with zero attached hydrogens (tertiary/aromatic N) is 4. The third-order valence-corrected chi connectivity index (χ3v) is 3.81. The van der Waals surface area contributed by atoms with Crippen LogP contribution >= 0.6 is 0 Å². The number of halogens is 2. The fraction of sp³-hybridized carbons (Fsp3) is 0.571. The number of H-pyrrole nitrogens is 1. The van der Waals surface area contributed by atoms with Gasteiger partial charge in [-0.15, -0.1) is 0 Å². The number of alkyl halides is 2. The molecule has 0 saturated carbocycles. The molecule has 1 aliphatic rings. The van der Waals surface area contributed by atoms with Crippen molar-refractivity contribution >= 4 is 5.91 Å². The smallest absolute Gasteiger partial charge is 0.279 e. The van der Waals surface area contributed by atoms with Gasteiger partial charge in [-0.05, 0) is 18.9 Å². The number of carbonyl (C=O) groups excluding carboxylic acids is 1. The van der Waals surface area contributed by atoms with Crippen LogP contribution in [0, 0.1) is 0 Å². The minimum atomic E-state index is -2.69. The average molecular weight is 325 g/mol. The lowest BCUT2D eigenvalue weighted by Crippen LogP contribution is -2.31. The number of hydrogen-bond donors (Lipinski definition) is 1. The molecule has 0 bridgehead atoms. The normalized spacial score (nSPS) is 18.3. The molecule has 1 aliphatic heterocycles. The molecule has 1 N–H and O–H groups in total. The summed E-state index contributed by atoms with van der Waals surface area (Å²) in [6, 6.07) is 0.767. The third-order valence-electron chi connectivity index (χ3n) is 3.81. The van der Waals surface area contributed by atoms with Crippen molar-refractivity contribution in [2.24, 2.45) is 0 Å². The summed E-state index contributed by atoms with van der Waals surface area (Å²) in [6.45, 7) is 4.38. The van der Waals surface area contributed by atoms with Crippen LogP contribution in [0.15, 0.2) is 10.6 Å².